The second-order valence-corrected chi connectivity index (χ2v) is 13.4. The Morgan fingerprint density at radius 3 is 1.43 bits per heavy atom. The molecule has 0 spiro atoms. The summed E-state index contributed by atoms with van der Waals surface area (Å²) >= 11 is 0. The van der Waals surface area contributed by atoms with Crippen LogP contribution in [0.15, 0.2) is 60.7 Å². The number of ketones is 1. The van der Waals surface area contributed by atoms with Crippen LogP contribution in [0.1, 0.15) is 64.4 Å². The average Bonchev–Trinajstić information content (AvgIpc) is 3.16. The molecule has 19 heteroatoms. The number of carbonyl (C=O) groups is 8. The summed E-state index contributed by atoms with van der Waals surface area (Å²) in [6.07, 6.45) is -13.1. The van der Waals surface area contributed by atoms with Crippen LogP contribution in [-0.4, -0.2) is 122 Å². The van der Waals surface area contributed by atoms with Crippen LogP contribution in [0.4, 0.5) is 0 Å². The molecule has 324 valence electrons. The van der Waals surface area contributed by atoms with Gasteiger partial charge < -0.3 is 52.1 Å². The van der Waals surface area contributed by atoms with Crippen LogP contribution < -0.4 is 4.74 Å². The summed E-state index contributed by atoms with van der Waals surface area (Å²) in [5.74, 6) is -6.26. The minimum Gasteiger partial charge on any atom is -0.463 e. The number of allylic oxidation sites excluding steroid dienone is 1. The highest BCUT2D eigenvalue weighted by Crippen LogP contribution is 2.36. The highest BCUT2D eigenvalue weighted by Gasteiger charge is 2.58. The fraction of sp³-hybridized carbons (Fsp3) is 0.463. The third-order valence-electron chi connectivity index (χ3n) is 8.50. The average molecular weight is 843 g/mol. The topological polar surface area (TPSA) is 238 Å². The first kappa shape index (κ1) is 46.5. The molecule has 2 heterocycles. The number of esters is 7. The van der Waals surface area contributed by atoms with Gasteiger partial charge in [0.05, 0.1) is 0 Å². The van der Waals surface area contributed by atoms with Crippen LogP contribution >= 0.6 is 0 Å². The van der Waals surface area contributed by atoms with Crippen molar-refractivity contribution in [2.75, 3.05) is 13.2 Å². The molecule has 2 aliphatic rings. The molecule has 0 N–H and O–H groups in total. The van der Waals surface area contributed by atoms with Crippen molar-refractivity contribution in [1.82, 2.24) is 0 Å². The zero-order chi connectivity index (χ0) is 44.1. The molecule has 0 bridgehead atoms. The largest absolute Gasteiger partial charge is 0.463 e. The first-order chi connectivity index (χ1) is 28.4. The second kappa shape index (κ2) is 21.7. The van der Waals surface area contributed by atoms with Crippen LogP contribution in [0.25, 0.3) is 6.08 Å². The summed E-state index contributed by atoms with van der Waals surface area (Å²) in [5, 5.41) is 0. The van der Waals surface area contributed by atoms with Crippen molar-refractivity contribution in [2.24, 2.45) is 0 Å². The fourth-order valence-electron chi connectivity index (χ4n) is 6.23. The Labute approximate surface area is 344 Å². The van der Waals surface area contributed by atoms with Gasteiger partial charge >= 0.3 is 41.8 Å². The van der Waals surface area contributed by atoms with Crippen molar-refractivity contribution in [3.05, 3.63) is 71.8 Å². The van der Waals surface area contributed by atoms with Gasteiger partial charge in [0.2, 0.25) is 12.4 Å². The summed E-state index contributed by atoms with van der Waals surface area (Å²) in [7, 11) is 0. The van der Waals surface area contributed by atoms with Crippen LogP contribution in [0.5, 0.6) is 5.75 Å². The Morgan fingerprint density at radius 1 is 0.500 bits per heavy atom. The lowest BCUT2D eigenvalue weighted by atomic mass is 9.96. The van der Waals surface area contributed by atoms with Gasteiger partial charge in [-0.3, -0.25) is 38.4 Å². The van der Waals surface area contributed by atoms with Crippen molar-refractivity contribution >= 4 is 53.6 Å². The standard InChI is InChI=1S/C41H46O19/c1-21(42)50-19-32-34(52-23(3)44)36(53-24(4)45)39(56-27(7)48)41(59-32)60-35-33(20-51-22(2)43)58-40(38(55-26(6)47)37(35)54-25(5)46)57-30-16-14-29(15-17-30)31(49)18-13-28-11-9-8-10-12-28/h8-18,32-41H,19-20H2,1-7H3/b18-13+/t32-,33+,34-,35+,36+,37-,38+,39+,40+,41-/m1/s1. The molecule has 2 aromatic carbocycles. The van der Waals surface area contributed by atoms with E-state index in [0.29, 0.717) is 5.56 Å². The first-order valence-electron chi connectivity index (χ1n) is 18.5. The van der Waals surface area contributed by atoms with E-state index in [0.717, 1.165) is 54.0 Å². The van der Waals surface area contributed by atoms with Crippen molar-refractivity contribution in [3.63, 3.8) is 0 Å². The molecule has 19 nitrogen and oxygen atoms in total. The van der Waals surface area contributed by atoms with Crippen molar-refractivity contribution in [1.29, 1.82) is 0 Å². The number of carbonyl (C=O) groups excluding carboxylic acids is 8. The Balaban J connectivity index is 1.75. The molecular weight excluding hydrogens is 796 g/mol. The van der Waals surface area contributed by atoms with E-state index in [1.54, 1.807) is 6.08 Å². The summed E-state index contributed by atoms with van der Waals surface area (Å²) in [4.78, 5) is 99.3. The number of hydrogen-bond acceptors (Lipinski definition) is 19. The monoisotopic (exact) mass is 842 g/mol. The molecule has 0 radical (unpaired) electrons. The van der Waals surface area contributed by atoms with Crippen molar-refractivity contribution < 1.29 is 90.5 Å². The molecule has 4 rings (SSSR count). The second-order valence-electron chi connectivity index (χ2n) is 13.4. The van der Waals surface area contributed by atoms with E-state index < -0.39 is 116 Å². The highest BCUT2D eigenvalue weighted by molar-refractivity contribution is 6.06. The van der Waals surface area contributed by atoms with Crippen LogP contribution in [0.3, 0.4) is 0 Å². The van der Waals surface area contributed by atoms with E-state index in [1.807, 2.05) is 30.3 Å². The smallest absolute Gasteiger partial charge is 0.303 e. The van der Waals surface area contributed by atoms with Gasteiger partial charge in [-0.2, -0.15) is 0 Å². The lowest BCUT2D eigenvalue weighted by molar-refractivity contribution is -0.354. The van der Waals surface area contributed by atoms with E-state index >= 15 is 0 Å². The molecule has 2 saturated heterocycles. The van der Waals surface area contributed by atoms with Gasteiger partial charge in [-0.15, -0.1) is 0 Å². The van der Waals surface area contributed by atoms with Crippen molar-refractivity contribution in [3.8, 4) is 5.75 Å². The number of hydrogen-bond donors (Lipinski definition) is 0. The Kier molecular flexibility index (Phi) is 16.8. The van der Waals surface area contributed by atoms with E-state index in [2.05, 4.69) is 0 Å². The lowest BCUT2D eigenvalue weighted by Crippen LogP contribution is -2.67. The molecule has 0 amide bonds. The van der Waals surface area contributed by atoms with Gasteiger partial charge in [-0.25, -0.2) is 0 Å². The summed E-state index contributed by atoms with van der Waals surface area (Å²) in [6.45, 7) is 6.21. The Bertz CT molecular complexity index is 1890. The molecule has 2 fully saturated rings. The normalized spacial score (nSPS) is 26.1. The first-order valence-corrected chi connectivity index (χ1v) is 18.5. The van der Waals surface area contributed by atoms with Gasteiger partial charge in [-0.05, 0) is 35.9 Å². The predicted molar refractivity (Wildman–Crippen MR) is 200 cm³/mol. The van der Waals surface area contributed by atoms with Gasteiger partial charge in [0, 0.05) is 54.0 Å². The zero-order valence-electron chi connectivity index (χ0n) is 33.8. The van der Waals surface area contributed by atoms with E-state index in [9.17, 15) is 38.4 Å². The molecule has 0 aliphatic carbocycles. The van der Waals surface area contributed by atoms with E-state index in [-0.39, 0.29) is 11.5 Å². The van der Waals surface area contributed by atoms with Crippen LogP contribution in [0, 0.1) is 0 Å². The molecule has 2 aliphatic heterocycles. The molecule has 2 aromatic rings. The summed E-state index contributed by atoms with van der Waals surface area (Å²) < 4.78 is 62.9. The number of rotatable bonds is 16. The Hall–Kier alpha value is -6.18. The molecule has 60 heavy (non-hydrogen) atoms. The third-order valence-corrected chi connectivity index (χ3v) is 8.50. The maximum atomic E-state index is 12.9. The summed E-state index contributed by atoms with van der Waals surface area (Å²) in [6, 6.07) is 15.0. The molecule has 0 unspecified atom stereocenters. The van der Waals surface area contributed by atoms with Gasteiger partial charge in [0.15, 0.2) is 36.5 Å². The minimum absolute atomic E-state index is 0.104. The lowest BCUT2D eigenvalue weighted by Gasteiger charge is -2.48. The Morgan fingerprint density at radius 2 is 0.933 bits per heavy atom. The quantitative estimate of drug-likeness (QED) is 0.102. The third kappa shape index (κ3) is 13.7. The number of benzene rings is 2. The van der Waals surface area contributed by atoms with E-state index in [1.165, 1.54) is 30.3 Å². The molecule has 0 saturated carbocycles. The maximum absolute atomic E-state index is 12.9. The molecular formula is C41H46O19. The SMILES string of the molecule is CC(=O)OC[C@@H]1O[C@H](Oc2ccc(C(=O)/C=C/c3ccccc3)cc2)[C@@H](OC(C)=O)[C@H](OC(C)=O)[C@H]1O[C@H]1O[C@H](COC(C)=O)[C@@H](OC(C)=O)[C@H](OC(C)=O)[C@@H]1OC(C)=O. The fourth-order valence-corrected chi connectivity index (χ4v) is 6.23. The number of ether oxygens (including phenoxy) is 11. The van der Waals surface area contributed by atoms with Gasteiger partial charge in [0.1, 0.15) is 37.3 Å². The van der Waals surface area contributed by atoms with Crippen LogP contribution in [0.2, 0.25) is 0 Å². The summed E-state index contributed by atoms with van der Waals surface area (Å²) in [5.41, 5.74) is 1.12. The van der Waals surface area contributed by atoms with Gasteiger partial charge in [0.25, 0.3) is 0 Å². The maximum Gasteiger partial charge on any atom is 0.303 e. The van der Waals surface area contributed by atoms with Crippen LogP contribution in [-0.2, 0) is 80.9 Å². The zero-order valence-corrected chi connectivity index (χ0v) is 33.8. The van der Waals surface area contributed by atoms with Crippen molar-refractivity contribution in [2.45, 2.75) is 110 Å². The predicted octanol–water partition coefficient (Wildman–Crippen LogP) is 2.58. The molecule has 10 atom stereocenters. The molecule has 0 aromatic heterocycles. The highest BCUT2D eigenvalue weighted by atomic mass is 16.8. The minimum atomic E-state index is -1.84. The van der Waals surface area contributed by atoms with Gasteiger partial charge in [-0.1, -0.05) is 36.4 Å². The van der Waals surface area contributed by atoms with E-state index in [4.69, 9.17) is 52.1 Å².